The topological polar surface area (TPSA) is 37.2 Å². The molecule has 2 aromatic rings. The van der Waals surface area contributed by atoms with Crippen molar-refractivity contribution in [3.8, 4) is 0 Å². The first-order chi connectivity index (χ1) is 7.83. The van der Waals surface area contributed by atoms with Crippen LogP contribution < -0.4 is 5.32 Å². The molecule has 0 amide bonds. The van der Waals surface area contributed by atoms with E-state index in [2.05, 4.69) is 41.2 Å². The van der Waals surface area contributed by atoms with Gasteiger partial charge in [0, 0.05) is 23.6 Å². The van der Waals surface area contributed by atoms with Gasteiger partial charge in [-0.05, 0) is 24.6 Å². The molecular weight excluding hydrogens is 200 g/mol. The Morgan fingerprint density at radius 2 is 2.25 bits per heavy atom. The third kappa shape index (κ3) is 1.22. The zero-order valence-electron chi connectivity index (χ0n) is 9.40. The van der Waals surface area contributed by atoms with E-state index in [0.717, 1.165) is 13.0 Å². The molecule has 1 unspecified atom stereocenters. The van der Waals surface area contributed by atoms with E-state index >= 15 is 0 Å². The van der Waals surface area contributed by atoms with Crippen molar-refractivity contribution in [2.75, 3.05) is 13.2 Å². The van der Waals surface area contributed by atoms with Crippen molar-refractivity contribution in [2.45, 2.75) is 12.5 Å². The molecule has 0 saturated heterocycles. The molecule has 3 heteroatoms. The summed E-state index contributed by atoms with van der Waals surface area (Å²) < 4.78 is 2.21. The Labute approximate surface area is 94.7 Å². The number of para-hydroxylation sites is 1. The van der Waals surface area contributed by atoms with E-state index in [4.69, 9.17) is 0 Å². The number of aliphatic hydroxyl groups is 1. The second kappa shape index (κ2) is 3.61. The highest BCUT2D eigenvalue weighted by Gasteiger charge is 2.24. The largest absolute Gasteiger partial charge is 0.394 e. The Morgan fingerprint density at radius 3 is 3.06 bits per heavy atom. The van der Waals surface area contributed by atoms with Crippen molar-refractivity contribution in [3.63, 3.8) is 0 Å². The Balaban J connectivity index is 2.33. The molecule has 3 nitrogen and oxygen atoms in total. The van der Waals surface area contributed by atoms with Crippen LogP contribution in [0.2, 0.25) is 0 Å². The van der Waals surface area contributed by atoms with Gasteiger partial charge in [-0.25, -0.2) is 0 Å². The molecule has 1 atom stereocenters. The molecule has 2 heterocycles. The standard InChI is InChI=1S/C13H16N2O/c1-15-12-5-3-2-4-9(12)10-6-7-14-11(8-16)13(10)15/h2-5,11,14,16H,6-8H2,1H3. The molecule has 2 N–H and O–H groups in total. The van der Waals surface area contributed by atoms with Crippen LogP contribution in [0.4, 0.5) is 0 Å². The molecule has 0 fully saturated rings. The van der Waals surface area contributed by atoms with Crippen molar-refractivity contribution in [1.29, 1.82) is 0 Å². The number of aromatic nitrogens is 1. The summed E-state index contributed by atoms with van der Waals surface area (Å²) in [6.07, 6.45) is 1.05. The van der Waals surface area contributed by atoms with Crippen LogP contribution >= 0.6 is 0 Å². The second-order valence-corrected chi connectivity index (χ2v) is 4.38. The maximum absolute atomic E-state index is 9.41. The summed E-state index contributed by atoms with van der Waals surface area (Å²) in [6.45, 7) is 1.11. The van der Waals surface area contributed by atoms with Gasteiger partial charge >= 0.3 is 0 Å². The molecule has 0 aliphatic carbocycles. The van der Waals surface area contributed by atoms with Gasteiger partial charge in [0.05, 0.1) is 12.6 Å². The minimum absolute atomic E-state index is 0.0844. The van der Waals surface area contributed by atoms with Crippen molar-refractivity contribution in [3.05, 3.63) is 35.5 Å². The zero-order chi connectivity index (χ0) is 11.1. The summed E-state index contributed by atoms with van der Waals surface area (Å²) in [5.74, 6) is 0. The average molecular weight is 216 g/mol. The van der Waals surface area contributed by atoms with Gasteiger partial charge in [0.2, 0.25) is 0 Å². The Hall–Kier alpha value is -1.32. The first-order valence-corrected chi connectivity index (χ1v) is 5.73. The van der Waals surface area contributed by atoms with E-state index in [9.17, 15) is 5.11 Å². The fraction of sp³-hybridized carbons (Fsp3) is 0.385. The monoisotopic (exact) mass is 216 g/mol. The van der Waals surface area contributed by atoms with Gasteiger partial charge in [0.15, 0.2) is 0 Å². The predicted molar refractivity (Wildman–Crippen MR) is 64.5 cm³/mol. The number of hydrogen-bond donors (Lipinski definition) is 2. The molecule has 1 aliphatic heterocycles. The number of benzene rings is 1. The van der Waals surface area contributed by atoms with Gasteiger partial charge in [-0.3, -0.25) is 0 Å². The van der Waals surface area contributed by atoms with Crippen LogP contribution in [-0.2, 0) is 13.5 Å². The van der Waals surface area contributed by atoms with Crippen molar-refractivity contribution >= 4 is 10.9 Å². The van der Waals surface area contributed by atoms with E-state index in [1.807, 2.05) is 0 Å². The molecule has 16 heavy (non-hydrogen) atoms. The summed E-state index contributed by atoms with van der Waals surface area (Å²) >= 11 is 0. The quantitative estimate of drug-likeness (QED) is 0.755. The van der Waals surface area contributed by atoms with Crippen LogP contribution in [0, 0.1) is 0 Å². The average Bonchev–Trinajstić information content (AvgIpc) is 2.64. The summed E-state index contributed by atoms with van der Waals surface area (Å²) in [7, 11) is 2.08. The number of hydrogen-bond acceptors (Lipinski definition) is 2. The lowest BCUT2D eigenvalue weighted by molar-refractivity contribution is 0.235. The van der Waals surface area contributed by atoms with E-state index < -0.39 is 0 Å². The molecule has 0 saturated carbocycles. The van der Waals surface area contributed by atoms with Crippen LogP contribution in [0.25, 0.3) is 10.9 Å². The maximum atomic E-state index is 9.41. The minimum Gasteiger partial charge on any atom is -0.394 e. The van der Waals surface area contributed by atoms with E-state index in [-0.39, 0.29) is 12.6 Å². The van der Waals surface area contributed by atoms with Crippen LogP contribution in [0.5, 0.6) is 0 Å². The molecule has 1 aromatic heterocycles. The number of nitrogens with one attached hydrogen (secondary N) is 1. The van der Waals surface area contributed by atoms with E-state index in [1.54, 1.807) is 0 Å². The van der Waals surface area contributed by atoms with Crippen LogP contribution in [-0.4, -0.2) is 22.8 Å². The third-order valence-electron chi connectivity index (χ3n) is 3.54. The van der Waals surface area contributed by atoms with Gasteiger partial charge in [0.25, 0.3) is 0 Å². The van der Waals surface area contributed by atoms with Crippen LogP contribution in [0.1, 0.15) is 17.3 Å². The molecule has 1 aromatic carbocycles. The molecule has 0 radical (unpaired) electrons. The van der Waals surface area contributed by atoms with Crippen LogP contribution in [0.15, 0.2) is 24.3 Å². The predicted octanol–water partition coefficient (Wildman–Crippen LogP) is 1.36. The molecule has 0 spiro atoms. The summed E-state index contributed by atoms with van der Waals surface area (Å²) in [4.78, 5) is 0. The molecule has 1 aliphatic rings. The van der Waals surface area contributed by atoms with Crippen LogP contribution in [0.3, 0.4) is 0 Å². The maximum Gasteiger partial charge on any atom is 0.0712 e. The van der Waals surface area contributed by atoms with Gasteiger partial charge in [-0.1, -0.05) is 18.2 Å². The van der Waals surface area contributed by atoms with Crippen molar-refractivity contribution in [1.82, 2.24) is 9.88 Å². The minimum atomic E-state index is 0.0844. The lowest BCUT2D eigenvalue weighted by atomic mass is 10.00. The lowest BCUT2D eigenvalue weighted by Gasteiger charge is -2.24. The van der Waals surface area contributed by atoms with Crippen molar-refractivity contribution < 1.29 is 5.11 Å². The summed E-state index contributed by atoms with van der Waals surface area (Å²) in [6, 6.07) is 8.55. The number of aliphatic hydroxyl groups excluding tert-OH is 1. The van der Waals surface area contributed by atoms with Gasteiger partial charge < -0.3 is 15.0 Å². The molecular formula is C13H16N2O. The fourth-order valence-corrected chi connectivity index (χ4v) is 2.82. The summed E-state index contributed by atoms with van der Waals surface area (Å²) in [5.41, 5.74) is 3.90. The molecule has 3 rings (SSSR count). The lowest BCUT2D eigenvalue weighted by Crippen LogP contribution is -2.33. The van der Waals surface area contributed by atoms with Gasteiger partial charge in [-0.2, -0.15) is 0 Å². The molecule has 0 bridgehead atoms. The fourth-order valence-electron chi connectivity index (χ4n) is 2.82. The normalized spacial score (nSPS) is 20.0. The zero-order valence-corrected chi connectivity index (χ0v) is 9.40. The first-order valence-electron chi connectivity index (χ1n) is 5.73. The van der Waals surface area contributed by atoms with Gasteiger partial charge in [-0.15, -0.1) is 0 Å². The number of fused-ring (bicyclic) bond motifs is 3. The highest BCUT2D eigenvalue weighted by molar-refractivity contribution is 5.86. The third-order valence-corrected chi connectivity index (χ3v) is 3.54. The number of nitrogens with zero attached hydrogens (tertiary/aromatic N) is 1. The Morgan fingerprint density at radius 1 is 1.44 bits per heavy atom. The number of rotatable bonds is 1. The first kappa shape index (κ1) is 9.87. The highest BCUT2D eigenvalue weighted by atomic mass is 16.3. The summed E-state index contributed by atoms with van der Waals surface area (Å²) in [5, 5.41) is 14.1. The molecule has 84 valence electrons. The van der Waals surface area contributed by atoms with Gasteiger partial charge in [0.1, 0.15) is 0 Å². The smallest absolute Gasteiger partial charge is 0.0712 e. The van der Waals surface area contributed by atoms with E-state index in [1.165, 1.54) is 22.2 Å². The highest BCUT2D eigenvalue weighted by Crippen LogP contribution is 2.31. The van der Waals surface area contributed by atoms with E-state index in [0.29, 0.717) is 0 Å². The van der Waals surface area contributed by atoms with Crippen molar-refractivity contribution in [2.24, 2.45) is 7.05 Å². The second-order valence-electron chi connectivity index (χ2n) is 4.38. The Kier molecular flexibility index (Phi) is 2.23. The number of aryl methyl sites for hydroxylation is 1. The SMILES string of the molecule is Cn1c2c(c3ccccc31)CCNC2CO. The Bertz CT molecular complexity index is 530.